The molecule has 0 radical (unpaired) electrons. The second-order valence-corrected chi connectivity index (χ2v) is 29.8. The standard InChI is InChI=1S/C18H27N5O.C17H24ClN5O.C15H22FN5.C15H23N5.C14H21N5/c1-5-6-9-18(4,10-7-13(3)24)23-16-15-14(21-17(19)22-16)12(2)8-11-20-15;1-4-5-7-17(3,8-6-11(2)24)23-15-14-13(21-16(19)22-15)9-12(18)10-20-14;1-4-6-7-15(3,5-2)21-13-12-11(19-14(17)20-13)8-10(16)9-18-12;1-4-6-9-15(3,5-2)20-13-12-11(8-7-10-17-12)18-14(16)19-13;1-4-8-14(3,5-2)19-12-11-10(7-6-9-16-11)17-13(15)18-12/h8,11H,5-7,9-10H2,1-4H3,(H3,19,21,22,23);9-10H,4-8H2,1-3H3,(H3,19,21,22,23);8-9H,4-7H2,1-3H3,(H3,17,19,20,21);7-8,10H,4-6,9H2,1-3H3,(H3,16,18,19,20);6-7,9H,4-5,8H2,1-3H3,(H3,15,17,18,19)/t18-;17-;2*15-;14-/m00110/s1. The number of Topliss-reactive ketones (excluding diaryl/α,β-unsaturated/α-hetero) is 2. The van der Waals surface area contributed by atoms with Crippen molar-refractivity contribution in [3.8, 4) is 0 Å². The van der Waals surface area contributed by atoms with Crippen LogP contribution in [0.1, 0.15) is 244 Å². The predicted molar refractivity (Wildman–Crippen MR) is 442 cm³/mol. The summed E-state index contributed by atoms with van der Waals surface area (Å²) in [5, 5.41) is 17.9. The van der Waals surface area contributed by atoms with Crippen molar-refractivity contribution in [2.24, 2.45) is 0 Å². The quantitative estimate of drug-likeness (QED) is 0.0183. The van der Waals surface area contributed by atoms with Gasteiger partial charge in [0.15, 0.2) is 29.1 Å². The maximum atomic E-state index is 13.3. The van der Waals surface area contributed by atoms with E-state index in [1.54, 1.807) is 44.7 Å². The number of nitrogens with two attached hydrogens (primary N) is 5. The third-order valence-electron chi connectivity index (χ3n) is 19.4. The van der Waals surface area contributed by atoms with Crippen LogP contribution in [-0.2, 0) is 9.59 Å². The van der Waals surface area contributed by atoms with Crippen LogP contribution in [0.3, 0.4) is 0 Å². The molecule has 29 heteroatoms. The number of fused-ring (bicyclic) bond motifs is 5. The number of rotatable bonds is 33. The van der Waals surface area contributed by atoms with Crippen molar-refractivity contribution < 1.29 is 14.0 Å². The minimum atomic E-state index is -0.434. The molecule has 5 atom stereocenters. The number of hydrogen-bond acceptors (Lipinski definition) is 27. The first-order valence-electron chi connectivity index (χ1n) is 38.0. The van der Waals surface area contributed by atoms with Gasteiger partial charge in [0.2, 0.25) is 29.7 Å². The fraction of sp³-hybridized carbons (Fsp3) is 0.532. The highest BCUT2D eigenvalue weighted by Gasteiger charge is 2.30. The molecule has 584 valence electrons. The van der Waals surface area contributed by atoms with Crippen LogP contribution >= 0.6 is 11.6 Å². The van der Waals surface area contributed by atoms with Gasteiger partial charge in [-0.25, -0.2) is 39.3 Å². The number of aryl methyl sites for hydroxylation is 1. The van der Waals surface area contributed by atoms with Crippen molar-refractivity contribution >= 4 is 137 Å². The van der Waals surface area contributed by atoms with E-state index in [2.05, 4.69) is 191 Å². The average Bonchev–Trinajstić information content (AvgIpc) is 0.814. The number of nitrogen functional groups attached to an aromatic ring is 5. The zero-order valence-corrected chi connectivity index (χ0v) is 67.2. The zero-order chi connectivity index (χ0) is 79.4. The number of halogens is 2. The fourth-order valence-corrected chi connectivity index (χ4v) is 12.4. The summed E-state index contributed by atoms with van der Waals surface area (Å²) in [6, 6.07) is 12.4. The first kappa shape index (κ1) is 86.9. The molecule has 0 bridgehead atoms. The van der Waals surface area contributed by atoms with E-state index in [0.717, 1.165) is 159 Å². The van der Waals surface area contributed by atoms with Gasteiger partial charge >= 0.3 is 0 Å². The highest BCUT2D eigenvalue weighted by atomic mass is 35.5. The van der Waals surface area contributed by atoms with E-state index < -0.39 is 5.82 Å². The number of nitrogens with zero attached hydrogens (tertiary/aromatic N) is 15. The van der Waals surface area contributed by atoms with Gasteiger partial charge in [-0.2, -0.15) is 24.9 Å². The summed E-state index contributed by atoms with van der Waals surface area (Å²) in [7, 11) is 0. The van der Waals surface area contributed by atoms with Crippen molar-refractivity contribution in [2.75, 3.05) is 55.3 Å². The molecule has 0 amide bonds. The average molecular weight is 1500 g/mol. The van der Waals surface area contributed by atoms with E-state index in [-0.39, 0.29) is 69.0 Å². The summed E-state index contributed by atoms with van der Waals surface area (Å²) in [6.07, 6.45) is 28.6. The van der Waals surface area contributed by atoms with Gasteiger partial charge in [-0.1, -0.05) is 125 Å². The second-order valence-electron chi connectivity index (χ2n) is 29.3. The molecule has 0 aliphatic carbocycles. The predicted octanol–water partition coefficient (Wildman–Crippen LogP) is 17.5. The molecule has 15 N–H and O–H groups in total. The minimum absolute atomic E-state index is 0.00000520. The molecule has 108 heavy (non-hydrogen) atoms. The normalized spacial score (nSPS) is 13.9. The SMILES string of the molecule is CCCC[C@@](C)(CC)Nc1nc(N)nc2cc(F)cnc12.CCCC[C@@](C)(CC)Nc1nc(N)nc2cccnc12.CCCC[C@@](C)(CCC(C)=O)Nc1nc(N)nc2c(C)ccnc12.CCCC[C@@](C)(CCC(C)=O)Nc1nc(N)nc2cc(Cl)cnc12.CCC[C@](C)(CC)Nc1nc(N)nc2cccnc12. The van der Waals surface area contributed by atoms with E-state index in [9.17, 15) is 14.0 Å². The van der Waals surface area contributed by atoms with Crippen LogP contribution < -0.4 is 55.3 Å². The van der Waals surface area contributed by atoms with Crippen LogP contribution in [0, 0.1) is 12.7 Å². The number of nitrogens with one attached hydrogen (secondary N) is 5. The van der Waals surface area contributed by atoms with E-state index in [4.69, 9.17) is 40.3 Å². The van der Waals surface area contributed by atoms with E-state index >= 15 is 0 Å². The topological polar surface area (TPSA) is 418 Å². The first-order valence-corrected chi connectivity index (χ1v) is 38.4. The lowest BCUT2D eigenvalue weighted by atomic mass is 9.89. The molecule has 0 fully saturated rings. The van der Waals surface area contributed by atoms with Crippen molar-refractivity contribution in [2.45, 2.75) is 273 Å². The Labute approximate surface area is 641 Å². The van der Waals surface area contributed by atoms with Crippen molar-refractivity contribution in [3.63, 3.8) is 0 Å². The Morgan fingerprint density at radius 1 is 0.389 bits per heavy atom. The maximum Gasteiger partial charge on any atom is 0.222 e. The van der Waals surface area contributed by atoms with Crippen molar-refractivity contribution in [1.82, 2.24) is 74.8 Å². The number of ketones is 2. The van der Waals surface area contributed by atoms with Crippen LogP contribution in [0.25, 0.3) is 55.2 Å². The van der Waals surface area contributed by atoms with Gasteiger partial charge in [0.1, 0.15) is 45.0 Å². The Balaban J connectivity index is 0.000000212. The summed E-state index contributed by atoms with van der Waals surface area (Å²) in [5.74, 6) is 4.25. The molecular weight excluding hydrogens is 1390 g/mol. The highest BCUT2D eigenvalue weighted by Crippen LogP contribution is 2.34. The lowest BCUT2D eigenvalue weighted by Gasteiger charge is -2.31. The minimum Gasteiger partial charge on any atom is -0.368 e. The van der Waals surface area contributed by atoms with Gasteiger partial charge in [0.25, 0.3) is 0 Å². The van der Waals surface area contributed by atoms with Crippen molar-refractivity contribution in [3.05, 3.63) is 89.9 Å². The largest absolute Gasteiger partial charge is 0.368 e. The summed E-state index contributed by atoms with van der Waals surface area (Å²) in [5.41, 5.74) is 36.2. The molecule has 0 spiro atoms. The second kappa shape index (κ2) is 40.8. The summed E-state index contributed by atoms with van der Waals surface area (Å²) in [6.45, 7) is 33.4. The Bertz CT molecular complexity index is 4570. The van der Waals surface area contributed by atoms with Crippen LogP contribution in [0.2, 0.25) is 5.02 Å². The van der Waals surface area contributed by atoms with Crippen LogP contribution in [0.5, 0.6) is 0 Å². The molecular formula is C79H117ClFN25O2. The number of unbranched alkanes of at least 4 members (excludes halogenated alkanes) is 4. The van der Waals surface area contributed by atoms with Crippen LogP contribution in [-0.4, -0.2) is 114 Å². The van der Waals surface area contributed by atoms with E-state index in [1.807, 2.05) is 37.3 Å². The Kier molecular flexibility index (Phi) is 32.9. The molecule has 10 aromatic heterocycles. The molecule has 0 saturated heterocycles. The van der Waals surface area contributed by atoms with E-state index in [1.165, 1.54) is 25.1 Å². The monoisotopic (exact) mass is 1500 g/mol. The number of carbonyl (C=O) groups excluding carboxylic acids is 2. The zero-order valence-electron chi connectivity index (χ0n) is 66.4. The van der Waals surface area contributed by atoms with Crippen molar-refractivity contribution in [1.29, 1.82) is 0 Å². The summed E-state index contributed by atoms with van der Waals surface area (Å²) >= 11 is 5.99. The molecule has 0 aliphatic heterocycles. The van der Waals surface area contributed by atoms with Gasteiger partial charge in [0.05, 0.1) is 38.8 Å². The summed E-state index contributed by atoms with van der Waals surface area (Å²) in [4.78, 5) is 87.0. The van der Waals surface area contributed by atoms with Gasteiger partial charge < -0.3 is 64.8 Å². The molecule has 0 aromatic carbocycles. The maximum absolute atomic E-state index is 13.3. The summed E-state index contributed by atoms with van der Waals surface area (Å²) < 4.78 is 13.3. The van der Waals surface area contributed by atoms with Crippen LogP contribution in [0.4, 0.5) is 63.2 Å². The Hall–Kier alpha value is -9.99. The molecule has 0 aliphatic rings. The number of hydrogen-bond donors (Lipinski definition) is 10. The lowest BCUT2D eigenvalue weighted by molar-refractivity contribution is -0.118. The lowest BCUT2D eigenvalue weighted by Crippen LogP contribution is -2.36. The molecule has 0 saturated carbocycles. The molecule has 10 heterocycles. The fourth-order valence-electron chi connectivity index (χ4n) is 12.2. The van der Waals surface area contributed by atoms with Gasteiger partial charge in [-0.05, 0) is 162 Å². The number of anilines is 10. The number of pyridine rings is 5. The Morgan fingerprint density at radius 2 is 0.722 bits per heavy atom. The van der Waals surface area contributed by atoms with E-state index in [0.29, 0.717) is 57.4 Å². The number of carbonyl (C=O) groups is 2. The molecule has 10 aromatic rings. The van der Waals surface area contributed by atoms with Gasteiger partial charge in [0, 0.05) is 71.4 Å². The molecule has 0 unspecified atom stereocenters. The van der Waals surface area contributed by atoms with Gasteiger partial charge in [-0.3, -0.25) is 15.0 Å². The third-order valence-corrected chi connectivity index (χ3v) is 19.6. The first-order chi connectivity index (χ1) is 51.3. The number of aromatic nitrogens is 15. The molecule has 10 rings (SSSR count). The smallest absolute Gasteiger partial charge is 0.222 e. The van der Waals surface area contributed by atoms with Crippen LogP contribution in [0.15, 0.2) is 73.4 Å². The Morgan fingerprint density at radius 3 is 1.11 bits per heavy atom. The molecule has 27 nitrogen and oxygen atoms in total. The van der Waals surface area contributed by atoms with Gasteiger partial charge in [-0.15, -0.1) is 0 Å². The third kappa shape index (κ3) is 26.2. The highest BCUT2D eigenvalue weighted by molar-refractivity contribution is 6.31.